The number of halogens is 2. The van der Waals surface area contributed by atoms with Crippen LogP contribution >= 0.6 is 11.6 Å². The number of aryl methyl sites for hydroxylation is 1. The highest BCUT2D eigenvalue weighted by atomic mass is 35.5. The number of hydrogen-bond donors (Lipinski definition) is 0. The van der Waals surface area contributed by atoms with Crippen molar-refractivity contribution in [2.24, 2.45) is 0 Å². The molecule has 32 heavy (non-hydrogen) atoms. The van der Waals surface area contributed by atoms with Gasteiger partial charge in [-0.3, -0.25) is 4.90 Å². The SMILES string of the molecule is Fc1ccc(CN2CCCn3cccc3C2c2cccc(Oc3ccccc3)c2)cc1Cl. The first-order valence-electron chi connectivity index (χ1n) is 10.8. The van der Waals surface area contributed by atoms with Crippen LogP contribution in [-0.2, 0) is 13.1 Å². The lowest BCUT2D eigenvalue weighted by molar-refractivity contribution is 0.220. The van der Waals surface area contributed by atoms with Crippen molar-refractivity contribution in [3.05, 3.63) is 119 Å². The topological polar surface area (TPSA) is 17.4 Å². The van der Waals surface area contributed by atoms with Crippen molar-refractivity contribution in [2.75, 3.05) is 6.54 Å². The Kier molecular flexibility index (Phi) is 5.97. The minimum absolute atomic E-state index is 0.0515. The van der Waals surface area contributed by atoms with Crippen LogP contribution in [0, 0.1) is 5.82 Å². The lowest BCUT2D eigenvalue weighted by Crippen LogP contribution is -2.29. The highest BCUT2D eigenvalue weighted by Gasteiger charge is 2.28. The van der Waals surface area contributed by atoms with Crippen LogP contribution in [0.5, 0.6) is 11.5 Å². The zero-order valence-corrected chi connectivity index (χ0v) is 18.4. The summed E-state index contributed by atoms with van der Waals surface area (Å²) in [6.07, 6.45) is 3.18. The van der Waals surface area contributed by atoms with Crippen LogP contribution in [0.1, 0.15) is 29.3 Å². The van der Waals surface area contributed by atoms with Gasteiger partial charge in [0, 0.05) is 31.5 Å². The lowest BCUT2D eigenvalue weighted by Gasteiger charge is -2.31. The summed E-state index contributed by atoms with van der Waals surface area (Å²) >= 11 is 6.06. The molecule has 162 valence electrons. The molecule has 1 aliphatic heterocycles. The van der Waals surface area contributed by atoms with Crippen molar-refractivity contribution < 1.29 is 9.13 Å². The summed E-state index contributed by atoms with van der Waals surface area (Å²) in [4.78, 5) is 2.43. The number of aromatic nitrogens is 1. The first kappa shape index (κ1) is 20.8. The van der Waals surface area contributed by atoms with E-state index in [1.807, 2.05) is 48.5 Å². The monoisotopic (exact) mass is 446 g/mol. The molecule has 4 aromatic rings. The quantitative estimate of drug-likeness (QED) is 0.326. The zero-order valence-electron chi connectivity index (χ0n) is 17.6. The Morgan fingerprint density at radius 2 is 1.72 bits per heavy atom. The van der Waals surface area contributed by atoms with Gasteiger partial charge in [-0.05, 0) is 66.1 Å². The molecule has 1 unspecified atom stereocenters. The molecular weight excluding hydrogens is 423 g/mol. The third-order valence-corrected chi connectivity index (χ3v) is 6.17. The van der Waals surface area contributed by atoms with Gasteiger partial charge in [0.1, 0.15) is 17.3 Å². The molecule has 0 N–H and O–H groups in total. The van der Waals surface area contributed by atoms with Gasteiger partial charge < -0.3 is 9.30 Å². The Labute approximate surface area is 192 Å². The maximum absolute atomic E-state index is 13.7. The first-order valence-corrected chi connectivity index (χ1v) is 11.2. The summed E-state index contributed by atoms with van der Waals surface area (Å²) < 4.78 is 22.1. The van der Waals surface area contributed by atoms with Crippen LogP contribution in [0.2, 0.25) is 5.02 Å². The molecule has 1 atom stereocenters. The van der Waals surface area contributed by atoms with Crippen LogP contribution in [-0.4, -0.2) is 16.0 Å². The van der Waals surface area contributed by atoms with Crippen LogP contribution in [0.15, 0.2) is 91.1 Å². The Morgan fingerprint density at radius 1 is 0.875 bits per heavy atom. The van der Waals surface area contributed by atoms with Crippen molar-refractivity contribution in [1.29, 1.82) is 0 Å². The van der Waals surface area contributed by atoms with Gasteiger partial charge in [-0.2, -0.15) is 0 Å². The van der Waals surface area contributed by atoms with Gasteiger partial charge >= 0.3 is 0 Å². The van der Waals surface area contributed by atoms with E-state index in [1.165, 1.54) is 11.8 Å². The molecule has 0 saturated carbocycles. The molecule has 0 amide bonds. The summed E-state index contributed by atoms with van der Waals surface area (Å²) in [5.41, 5.74) is 3.40. The van der Waals surface area contributed by atoms with E-state index < -0.39 is 0 Å². The molecule has 0 radical (unpaired) electrons. The molecule has 0 fully saturated rings. The first-order chi connectivity index (χ1) is 15.7. The minimum Gasteiger partial charge on any atom is -0.457 e. The summed E-state index contributed by atoms with van der Waals surface area (Å²) in [7, 11) is 0. The molecule has 0 spiro atoms. The fraction of sp³-hybridized carbons (Fsp3) is 0.185. The van der Waals surface area contributed by atoms with E-state index in [0.29, 0.717) is 6.54 Å². The van der Waals surface area contributed by atoms with Crippen molar-refractivity contribution in [3.63, 3.8) is 0 Å². The number of fused-ring (bicyclic) bond motifs is 1. The third kappa shape index (κ3) is 4.43. The number of rotatable bonds is 5. The van der Waals surface area contributed by atoms with Gasteiger partial charge in [0.05, 0.1) is 11.1 Å². The van der Waals surface area contributed by atoms with Crippen molar-refractivity contribution in [3.8, 4) is 11.5 Å². The van der Waals surface area contributed by atoms with E-state index in [0.717, 1.165) is 42.1 Å². The molecule has 3 nitrogen and oxygen atoms in total. The second-order valence-electron chi connectivity index (χ2n) is 8.09. The Morgan fingerprint density at radius 3 is 2.56 bits per heavy atom. The average molecular weight is 447 g/mol. The van der Waals surface area contributed by atoms with Gasteiger partial charge in [-0.1, -0.05) is 48.0 Å². The number of para-hydroxylation sites is 1. The molecule has 2 heterocycles. The maximum atomic E-state index is 13.7. The van der Waals surface area contributed by atoms with Gasteiger partial charge in [0.25, 0.3) is 0 Å². The molecule has 0 bridgehead atoms. The summed E-state index contributed by atoms with van der Waals surface area (Å²) in [6.45, 7) is 2.57. The Balaban J connectivity index is 1.50. The number of hydrogen-bond acceptors (Lipinski definition) is 2. The average Bonchev–Trinajstić information content (AvgIpc) is 3.18. The molecule has 5 heteroatoms. The maximum Gasteiger partial charge on any atom is 0.141 e. The van der Waals surface area contributed by atoms with E-state index in [-0.39, 0.29) is 16.9 Å². The van der Waals surface area contributed by atoms with Gasteiger partial charge in [-0.15, -0.1) is 0 Å². The van der Waals surface area contributed by atoms with Crippen LogP contribution < -0.4 is 4.74 Å². The molecule has 0 saturated heterocycles. The fourth-order valence-electron chi connectivity index (χ4n) is 4.44. The van der Waals surface area contributed by atoms with Gasteiger partial charge in [-0.25, -0.2) is 4.39 Å². The highest BCUT2D eigenvalue weighted by molar-refractivity contribution is 6.30. The van der Waals surface area contributed by atoms with Crippen molar-refractivity contribution in [2.45, 2.75) is 25.6 Å². The number of benzene rings is 3. The van der Waals surface area contributed by atoms with Crippen molar-refractivity contribution >= 4 is 11.6 Å². The van der Waals surface area contributed by atoms with Gasteiger partial charge in [0.2, 0.25) is 0 Å². The lowest BCUT2D eigenvalue weighted by atomic mass is 10.0. The predicted octanol–water partition coefficient (Wildman–Crippen LogP) is 7.07. The minimum atomic E-state index is -0.387. The van der Waals surface area contributed by atoms with E-state index >= 15 is 0 Å². The predicted molar refractivity (Wildman–Crippen MR) is 126 cm³/mol. The molecule has 1 aromatic heterocycles. The second-order valence-corrected chi connectivity index (χ2v) is 8.50. The number of nitrogens with zero attached hydrogens (tertiary/aromatic N) is 2. The van der Waals surface area contributed by atoms with E-state index in [9.17, 15) is 4.39 Å². The zero-order chi connectivity index (χ0) is 21.9. The highest BCUT2D eigenvalue weighted by Crippen LogP contribution is 2.35. The summed E-state index contributed by atoms with van der Waals surface area (Å²) in [5.74, 6) is 1.23. The van der Waals surface area contributed by atoms with Crippen LogP contribution in [0.25, 0.3) is 0 Å². The Hall–Kier alpha value is -3.08. The van der Waals surface area contributed by atoms with Crippen LogP contribution in [0.3, 0.4) is 0 Å². The number of ether oxygens (including phenoxy) is 1. The van der Waals surface area contributed by atoms with Gasteiger partial charge in [0.15, 0.2) is 0 Å². The second kappa shape index (κ2) is 9.19. The van der Waals surface area contributed by atoms with E-state index in [2.05, 4.69) is 39.9 Å². The third-order valence-electron chi connectivity index (χ3n) is 5.88. The fourth-order valence-corrected chi connectivity index (χ4v) is 4.64. The summed E-state index contributed by atoms with van der Waals surface area (Å²) in [5, 5.41) is 0.163. The molecule has 1 aliphatic rings. The summed E-state index contributed by atoms with van der Waals surface area (Å²) in [6, 6.07) is 27.4. The van der Waals surface area contributed by atoms with E-state index in [4.69, 9.17) is 16.3 Å². The molecule has 3 aromatic carbocycles. The molecular formula is C27H24ClFN2O. The normalized spacial score (nSPS) is 16.4. The Bertz CT molecular complexity index is 1210. The van der Waals surface area contributed by atoms with Crippen molar-refractivity contribution in [1.82, 2.24) is 9.47 Å². The van der Waals surface area contributed by atoms with Crippen LogP contribution in [0.4, 0.5) is 4.39 Å². The smallest absolute Gasteiger partial charge is 0.141 e. The molecule has 0 aliphatic carbocycles. The largest absolute Gasteiger partial charge is 0.457 e. The standard InChI is InChI=1S/C27H24ClFN2O/c28-24-17-20(12-13-25(24)29)19-31-16-6-15-30-14-5-11-26(30)27(31)21-7-4-10-23(18-21)32-22-8-2-1-3-9-22/h1-5,7-14,17-18,27H,6,15-16,19H2. The van der Waals surface area contributed by atoms with E-state index in [1.54, 1.807) is 6.07 Å². The molecule has 5 rings (SSSR count).